The summed E-state index contributed by atoms with van der Waals surface area (Å²) in [5.74, 6) is 0. The number of nitrogens with one attached hydrogen (secondary N) is 2. The summed E-state index contributed by atoms with van der Waals surface area (Å²) in [6.07, 6.45) is 4.55. The molecule has 2 heterocycles. The molecule has 0 aromatic carbocycles. The number of aromatic nitrogens is 3. The van der Waals surface area contributed by atoms with Gasteiger partial charge in [-0.2, -0.15) is 0 Å². The fourth-order valence-corrected chi connectivity index (χ4v) is 2.80. The van der Waals surface area contributed by atoms with Crippen LogP contribution in [0.4, 0.5) is 0 Å². The van der Waals surface area contributed by atoms with E-state index in [1.807, 2.05) is 6.20 Å². The van der Waals surface area contributed by atoms with E-state index in [1.54, 1.807) is 17.7 Å². The Labute approximate surface area is 106 Å². The molecule has 0 saturated carbocycles. The molecule has 0 saturated heterocycles. The number of nitrogens with zero attached hydrogens (tertiary/aromatic N) is 2. The van der Waals surface area contributed by atoms with Crippen LogP contribution in [0.15, 0.2) is 12.5 Å². The van der Waals surface area contributed by atoms with Crippen LogP contribution >= 0.6 is 11.3 Å². The standard InChI is InChI=1S/C12H18N4S/c1-8(12-9(2)17-10(3)16-12)14-5-4-11-6-13-7-15-11/h6-8,14H,4-5H2,1-3H3,(H,13,15). The molecule has 2 N–H and O–H groups in total. The van der Waals surface area contributed by atoms with E-state index in [-0.39, 0.29) is 0 Å². The highest BCUT2D eigenvalue weighted by Crippen LogP contribution is 2.22. The minimum atomic E-state index is 0.308. The van der Waals surface area contributed by atoms with Crippen molar-refractivity contribution in [3.05, 3.63) is 33.8 Å². The predicted molar refractivity (Wildman–Crippen MR) is 70.3 cm³/mol. The summed E-state index contributed by atoms with van der Waals surface area (Å²) in [7, 11) is 0. The van der Waals surface area contributed by atoms with E-state index < -0.39 is 0 Å². The SMILES string of the molecule is Cc1nc(C(C)NCCc2cnc[nH]2)c(C)s1. The highest BCUT2D eigenvalue weighted by molar-refractivity contribution is 7.11. The number of hydrogen-bond donors (Lipinski definition) is 2. The number of imidazole rings is 1. The van der Waals surface area contributed by atoms with Crippen molar-refractivity contribution >= 4 is 11.3 Å². The number of rotatable bonds is 5. The first-order valence-corrected chi connectivity index (χ1v) is 6.63. The molecule has 0 radical (unpaired) electrons. The molecule has 2 rings (SSSR count). The van der Waals surface area contributed by atoms with Crippen LogP contribution < -0.4 is 5.32 Å². The van der Waals surface area contributed by atoms with Crippen molar-refractivity contribution in [2.24, 2.45) is 0 Å². The van der Waals surface area contributed by atoms with Gasteiger partial charge in [0.15, 0.2) is 0 Å². The van der Waals surface area contributed by atoms with Gasteiger partial charge in [-0.25, -0.2) is 9.97 Å². The number of aryl methyl sites for hydroxylation is 2. The average Bonchev–Trinajstić information content (AvgIpc) is 2.88. The Morgan fingerprint density at radius 1 is 1.47 bits per heavy atom. The van der Waals surface area contributed by atoms with Crippen molar-refractivity contribution in [1.29, 1.82) is 0 Å². The van der Waals surface area contributed by atoms with E-state index in [2.05, 4.69) is 41.0 Å². The first kappa shape index (κ1) is 12.3. The fraction of sp³-hybridized carbons (Fsp3) is 0.500. The third-order valence-corrected chi connectivity index (χ3v) is 3.65. The number of aromatic amines is 1. The molecule has 0 fully saturated rings. The number of hydrogen-bond acceptors (Lipinski definition) is 4. The van der Waals surface area contributed by atoms with Crippen LogP contribution in [-0.2, 0) is 6.42 Å². The molecule has 17 heavy (non-hydrogen) atoms. The summed E-state index contributed by atoms with van der Waals surface area (Å²) in [4.78, 5) is 13.0. The molecular weight excluding hydrogens is 232 g/mol. The lowest BCUT2D eigenvalue weighted by atomic mass is 10.2. The van der Waals surface area contributed by atoms with Crippen molar-refractivity contribution in [2.45, 2.75) is 33.2 Å². The van der Waals surface area contributed by atoms with Gasteiger partial charge in [0.2, 0.25) is 0 Å². The molecule has 0 aliphatic rings. The zero-order valence-electron chi connectivity index (χ0n) is 10.4. The summed E-state index contributed by atoms with van der Waals surface area (Å²) >= 11 is 1.76. The minimum absolute atomic E-state index is 0.308. The van der Waals surface area contributed by atoms with E-state index in [4.69, 9.17) is 0 Å². The van der Waals surface area contributed by atoms with Gasteiger partial charge in [0.1, 0.15) is 0 Å². The molecule has 2 aromatic heterocycles. The van der Waals surface area contributed by atoms with E-state index in [0.717, 1.165) is 23.7 Å². The summed E-state index contributed by atoms with van der Waals surface area (Å²) in [6.45, 7) is 7.28. The Morgan fingerprint density at radius 3 is 2.88 bits per heavy atom. The van der Waals surface area contributed by atoms with E-state index in [1.165, 1.54) is 10.6 Å². The molecule has 1 unspecified atom stereocenters. The zero-order chi connectivity index (χ0) is 12.3. The van der Waals surface area contributed by atoms with Gasteiger partial charge in [-0.1, -0.05) is 0 Å². The van der Waals surface area contributed by atoms with Crippen LogP contribution in [0.5, 0.6) is 0 Å². The Balaban J connectivity index is 1.85. The quantitative estimate of drug-likeness (QED) is 0.856. The average molecular weight is 250 g/mol. The van der Waals surface area contributed by atoms with Gasteiger partial charge in [0.05, 0.1) is 17.0 Å². The Hall–Kier alpha value is -1.20. The van der Waals surface area contributed by atoms with Crippen LogP contribution in [0.2, 0.25) is 0 Å². The zero-order valence-corrected chi connectivity index (χ0v) is 11.3. The molecule has 0 bridgehead atoms. The van der Waals surface area contributed by atoms with E-state index >= 15 is 0 Å². The van der Waals surface area contributed by atoms with Gasteiger partial charge >= 0.3 is 0 Å². The Bertz CT molecular complexity index is 461. The molecule has 1 atom stereocenters. The van der Waals surface area contributed by atoms with Gasteiger partial charge in [-0.3, -0.25) is 0 Å². The molecule has 0 spiro atoms. The van der Waals surface area contributed by atoms with Crippen molar-refractivity contribution in [3.63, 3.8) is 0 Å². The molecule has 92 valence electrons. The largest absolute Gasteiger partial charge is 0.348 e. The number of H-pyrrole nitrogens is 1. The monoisotopic (exact) mass is 250 g/mol. The summed E-state index contributed by atoms with van der Waals surface area (Å²) in [5, 5.41) is 4.63. The Morgan fingerprint density at radius 2 is 2.29 bits per heavy atom. The fourth-order valence-electron chi connectivity index (χ4n) is 1.89. The minimum Gasteiger partial charge on any atom is -0.348 e. The van der Waals surface area contributed by atoms with Gasteiger partial charge in [0.25, 0.3) is 0 Å². The number of thiazole rings is 1. The Kier molecular flexibility index (Phi) is 3.91. The van der Waals surface area contributed by atoms with Gasteiger partial charge in [0, 0.05) is 35.8 Å². The highest BCUT2D eigenvalue weighted by Gasteiger charge is 2.12. The second kappa shape index (κ2) is 5.42. The summed E-state index contributed by atoms with van der Waals surface area (Å²) < 4.78 is 0. The van der Waals surface area contributed by atoms with Crippen LogP contribution in [0, 0.1) is 13.8 Å². The maximum atomic E-state index is 4.56. The van der Waals surface area contributed by atoms with Crippen LogP contribution in [-0.4, -0.2) is 21.5 Å². The highest BCUT2D eigenvalue weighted by atomic mass is 32.1. The smallest absolute Gasteiger partial charge is 0.0921 e. The molecule has 0 aliphatic heterocycles. The molecular formula is C12H18N4S. The maximum Gasteiger partial charge on any atom is 0.0921 e. The van der Waals surface area contributed by atoms with Crippen molar-refractivity contribution in [2.75, 3.05) is 6.54 Å². The van der Waals surface area contributed by atoms with Crippen molar-refractivity contribution < 1.29 is 0 Å². The van der Waals surface area contributed by atoms with Crippen molar-refractivity contribution in [1.82, 2.24) is 20.3 Å². The summed E-state index contributed by atoms with van der Waals surface area (Å²) in [6, 6.07) is 0.308. The van der Waals surface area contributed by atoms with Crippen LogP contribution in [0.25, 0.3) is 0 Å². The van der Waals surface area contributed by atoms with Gasteiger partial charge in [-0.05, 0) is 20.8 Å². The third-order valence-electron chi connectivity index (χ3n) is 2.75. The van der Waals surface area contributed by atoms with Crippen molar-refractivity contribution in [3.8, 4) is 0 Å². The maximum absolute atomic E-state index is 4.56. The second-order valence-corrected chi connectivity index (χ2v) is 5.58. The lowest BCUT2D eigenvalue weighted by Crippen LogP contribution is -2.22. The van der Waals surface area contributed by atoms with Crippen LogP contribution in [0.3, 0.4) is 0 Å². The second-order valence-electron chi connectivity index (χ2n) is 4.18. The van der Waals surface area contributed by atoms with E-state index in [9.17, 15) is 0 Å². The lowest BCUT2D eigenvalue weighted by Gasteiger charge is -2.11. The molecule has 2 aromatic rings. The molecule has 5 heteroatoms. The molecule has 0 aliphatic carbocycles. The summed E-state index contributed by atoms with van der Waals surface area (Å²) in [5.41, 5.74) is 2.34. The van der Waals surface area contributed by atoms with Crippen LogP contribution in [0.1, 0.15) is 34.2 Å². The third kappa shape index (κ3) is 3.14. The van der Waals surface area contributed by atoms with Gasteiger partial charge in [-0.15, -0.1) is 11.3 Å². The molecule has 4 nitrogen and oxygen atoms in total. The predicted octanol–water partition coefficient (Wildman–Crippen LogP) is 2.38. The first-order valence-electron chi connectivity index (χ1n) is 5.81. The topological polar surface area (TPSA) is 53.6 Å². The normalized spacial score (nSPS) is 12.9. The lowest BCUT2D eigenvalue weighted by molar-refractivity contribution is 0.561. The van der Waals surface area contributed by atoms with Gasteiger partial charge < -0.3 is 10.3 Å². The van der Waals surface area contributed by atoms with E-state index in [0.29, 0.717) is 6.04 Å². The molecule has 0 amide bonds. The first-order chi connectivity index (χ1) is 8.16.